The quantitative estimate of drug-likeness (QED) is 0.0976. The lowest BCUT2D eigenvalue weighted by Gasteiger charge is -2.23. The molecule has 0 bridgehead atoms. The third kappa shape index (κ3) is 8.34. The zero-order valence-electron chi connectivity index (χ0n) is 23.2. The van der Waals surface area contributed by atoms with Gasteiger partial charge in [0, 0.05) is 15.6 Å². The Kier molecular flexibility index (Phi) is 10.9. The Bertz CT molecular complexity index is 1790. The number of sulfonamides is 1. The van der Waals surface area contributed by atoms with Gasteiger partial charge in [0.05, 0.1) is 22.6 Å². The van der Waals surface area contributed by atoms with E-state index in [1.165, 1.54) is 42.6 Å². The first-order valence-corrected chi connectivity index (χ1v) is 15.7. The summed E-state index contributed by atoms with van der Waals surface area (Å²) in [5.41, 5.74) is 2.95. The van der Waals surface area contributed by atoms with Crippen molar-refractivity contribution in [3.05, 3.63) is 122 Å². The first-order chi connectivity index (χ1) is 21.1. The van der Waals surface area contributed by atoms with E-state index in [4.69, 9.17) is 21.1 Å². The van der Waals surface area contributed by atoms with Gasteiger partial charge in [-0.3, -0.25) is 14.9 Å². The number of hydrazone groups is 1. The lowest BCUT2D eigenvalue weighted by atomic mass is 10.2. The van der Waals surface area contributed by atoms with E-state index in [0.29, 0.717) is 37.5 Å². The zero-order valence-corrected chi connectivity index (χ0v) is 26.4. The highest BCUT2D eigenvalue weighted by Gasteiger charge is 2.32. The Balaban J connectivity index is 1.52. The summed E-state index contributed by atoms with van der Waals surface area (Å²) >= 11 is 9.21. The van der Waals surface area contributed by atoms with E-state index in [2.05, 4.69) is 26.5 Å². The molecule has 4 aromatic carbocycles. The number of halogens is 2. The Labute approximate surface area is 267 Å². The average molecular weight is 702 g/mol. The highest BCUT2D eigenvalue weighted by molar-refractivity contribution is 9.10. The summed E-state index contributed by atoms with van der Waals surface area (Å²) in [6.45, 7) is 1.69. The van der Waals surface area contributed by atoms with E-state index in [9.17, 15) is 23.3 Å². The number of amides is 1. The van der Waals surface area contributed by atoms with Crippen molar-refractivity contribution in [1.29, 1.82) is 0 Å². The van der Waals surface area contributed by atoms with Crippen molar-refractivity contribution in [3.63, 3.8) is 0 Å². The fraction of sp³-hybridized carbons (Fsp3) is 0.133. The van der Waals surface area contributed by atoms with Crippen molar-refractivity contribution in [1.82, 2.24) is 5.43 Å². The summed E-state index contributed by atoms with van der Waals surface area (Å²) in [6, 6.07) is 23.5. The fourth-order valence-corrected chi connectivity index (χ4v) is 6.02. The van der Waals surface area contributed by atoms with Gasteiger partial charge in [0.1, 0.15) is 18.8 Å². The maximum absolute atomic E-state index is 13.6. The maximum Gasteiger partial charge on any atom is 0.294 e. The topological polar surface area (TPSA) is 140 Å². The molecule has 0 atom stereocenters. The molecule has 228 valence electrons. The number of hydrogen-bond donors (Lipinski definition) is 1. The van der Waals surface area contributed by atoms with Crippen molar-refractivity contribution < 1.29 is 27.6 Å². The normalized spacial score (nSPS) is 11.2. The number of nitro benzene ring substituents is 1. The molecule has 0 spiro atoms. The largest absolute Gasteiger partial charge is 0.490 e. The van der Waals surface area contributed by atoms with Gasteiger partial charge in [-0.1, -0.05) is 57.9 Å². The number of nitrogens with zero attached hydrogens (tertiary/aromatic N) is 3. The summed E-state index contributed by atoms with van der Waals surface area (Å²) in [6.07, 6.45) is 1.35. The van der Waals surface area contributed by atoms with Crippen molar-refractivity contribution in [2.45, 2.75) is 18.4 Å². The van der Waals surface area contributed by atoms with Crippen LogP contribution in [0.15, 0.2) is 105 Å². The minimum Gasteiger partial charge on any atom is -0.490 e. The van der Waals surface area contributed by atoms with Crippen LogP contribution in [0.25, 0.3) is 0 Å². The van der Waals surface area contributed by atoms with Crippen LogP contribution in [0.1, 0.15) is 18.1 Å². The molecule has 44 heavy (non-hydrogen) atoms. The van der Waals surface area contributed by atoms with Gasteiger partial charge in [0.15, 0.2) is 11.5 Å². The standard InChI is InChI=1S/C30H26BrClN4O7S/c1-2-42-29-16-21(11-14-28(29)43-20-22-7-6-8-24(32)15-22)18-33-34-30(37)19-35(44(40,41)25-9-4-3-5-10-25)26-13-12-23(31)17-27(26)36(38)39/h3-18H,2,19-20H2,1H3,(H,34,37). The van der Waals surface area contributed by atoms with Crippen molar-refractivity contribution >= 4 is 61.1 Å². The lowest BCUT2D eigenvalue weighted by Crippen LogP contribution is -2.39. The molecule has 0 fully saturated rings. The van der Waals surface area contributed by atoms with E-state index < -0.39 is 33.1 Å². The number of ether oxygens (including phenoxy) is 2. The van der Waals surface area contributed by atoms with Crippen LogP contribution in [-0.4, -0.2) is 38.6 Å². The minimum atomic E-state index is -4.38. The van der Waals surface area contributed by atoms with Crippen LogP contribution in [0.5, 0.6) is 11.5 Å². The van der Waals surface area contributed by atoms with Crippen LogP contribution in [0, 0.1) is 10.1 Å². The molecule has 0 heterocycles. The molecule has 14 heteroatoms. The molecule has 0 aromatic heterocycles. The molecule has 0 radical (unpaired) electrons. The lowest BCUT2D eigenvalue weighted by molar-refractivity contribution is -0.384. The van der Waals surface area contributed by atoms with E-state index in [1.54, 1.807) is 36.4 Å². The van der Waals surface area contributed by atoms with Gasteiger partial charge < -0.3 is 9.47 Å². The number of carbonyl (C=O) groups excluding carboxylic acids is 1. The monoisotopic (exact) mass is 700 g/mol. The van der Waals surface area contributed by atoms with Gasteiger partial charge in [-0.2, -0.15) is 5.10 Å². The molecule has 0 aliphatic heterocycles. The second-order valence-corrected chi connectivity index (χ2v) is 12.3. The van der Waals surface area contributed by atoms with Crippen molar-refractivity contribution in [2.75, 3.05) is 17.5 Å². The Morgan fingerprint density at radius 2 is 1.80 bits per heavy atom. The predicted molar refractivity (Wildman–Crippen MR) is 171 cm³/mol. The molecule has 1 amide bonds. The van der Waals surface area contributed by atoms with Crippen LogP contribution in [-0.2, 0) is 21.4 Å². The van der Waals surface area contributed by atoms with Gasteiger partial charge >= 0.3 is 0 Å². The molecule has 0 aliphatic rings. The van der Waals surface area contributed by atoms with Gasteiger partial charge in [-0.05, 0) is 72.6 Å². The molecule has 11 nitrogen and oxygen atoms in total. The Hall–Kier alpha value is -4.46. The SMILES string of the molecule is CCOc1cc(C=NNC(=O)CN(c2ccc(Br)cc2[N+](=O)[O-])S(=O)(=O)c2ccccc2)ccc1OCc1cccc(Cl)c1. The molecule has 4 aromatic rings. The second kappa shape index (κ2) is 14.8. The highest BCUT2D eigenvalue weighted by Crippen LogP contribution is 2.34. The van der Waals surface area contributed by atoms with Gasteiger partial charge in [0.25, 0.3) is 21.6 Å². The number of nitrogens with one attached hydrogen (secondary N) is 1. The first kappa shape index (κ1) is 32.5. The summed E-state index contributed by atoms with van der Waals surface area (Å²) in [4.78, 5) is 23.9. The second-order valence-electron chi connectivity index (χ2n) is 9.07. The van der Waals surface area contributed by atoms with E-state index >= 15 is 0 Å². The number of benzene rings is 4. The van der Waals surface area contributed by atoms with Crippen LogP contribution in [0.3, 0.4) is 0 Å². The molecule has 0 saturated carbocycles. The van der Waals surface area contributed by atoms with Crippen molar-refractivity contribution in [3.8, 4) is 11.5 Å². The molecule has 0 saturated heterocycles. The number of anilines is 1. The molecule has 1 N–H and O–H groups in total. The van der Waals surface area contributed by atoms with E-state index in [1.807, 2.05) is 19.1 Å². The zero-order chi connectivity index (χ0) is 31.7. The fourth-order valence-electron chi connectivity index (χ4n) is 4.00. The first-order valence-electron chi connectivity index (χ1n) is 13.1. The summed E-state index contributed by atoms with van der Waals surface area (Å²) in [7, 11) is -4.38. The molecular weight excluding hydrogens is 676 g/mol. The summed E-state index contributed by atoms with van der Waals surface area (Å²) in [5, 5.41) is 16.3. The maximum atomic E-state index is 13.6. The average Bonchev–Trinajstić information content (AvgIpc) is 3.00. The molecule has 4 rings (SSSR count). The van der Waals surface area contributed by atoms with Gasteiger partial charge in [-0.15, -0.1) is 0 Å². The third-order valence-electron chi connectivity index (χ3n) is 5.98. The molecule has 0 unspecified atom stereocenters. The number of hydrogen-bond acceptors (Lipinski definition) is 8. The number of nitro groups is 1. The molecule has 0 aliphatic carbocycles. The van der Waals surface area contributed by atoms with Gasteiger partial charge in [0.2, 0.25) is 0 Å². The smallest absolute Gasteiger partial charge is 0.294 e. The number of carbonyl (C=O) groups is 1. The summed E-state index contributed by atoms with van der Waals surface area (Å²) in [5.74, 6) is 0.114. The third-order valence-corrected chi connectivity index (χ3v) is 8.48. The van der Waals surface area contributed by atoms with E-state index in [0.717, 1.165) is 11.6 Å². The van der Waals surface area contributed by atoms with Crippen LogP contribution in [0.4, 0.5) is 11.4 Å². The predicted octanol–water partition coefficient (Wildman–Crippen LogP) is 6.33. The van der Waals surface area contributed by atoms with Crippen molar-refractivity contribution in [2.24, 2.45) is 5.10 Å². The highest BCUT2D eigenvalue weighted by atomic mass is 79.9. The van der Waals surface area contributed by atoms with Crippen LogP contribution < -0.4 is 19.2 Å². The minimum absolute atomic E-state index is 0.144. The van der Waals surface area contributed by atoms with Gasteiger partial charge in [-0.25, -0.2) is 18.1 Å². The van der Waals surface area contributed by atoms with Crippen LogP contribution in [0.2, 0.25) is 5.02 Å². The number of rotatable bonds is 13. The Morgan fingerprint density at radius 3 is 2.50 bits per heavy atom. The summed E-state index contributed by atoms with van der Waals surface area (Å²) < 4.78 is 39.8. The van der Waals surface area contributed by atoms with Crippen LogP contribution >= 0.6 is 27.5 Å². The Morgan fingerprint density at radius 1 is 1.02 bits per heavy atom. The van der Waals surface area contributed by atoms with E-state index in [-0.39, 0.29) is 17.2 Å². The molecular formula is C30H26BrClN4O7S.